The number of aromatic nitrogens is 1. The Balaban J connectivity index is 3.00. The number of anilines is 1. The summed E-state index contributed by atoms with van der Waals surface area (Å²) in [5.41, 5.74) is 5.43. The molecule has 0 atom stereocenters. The summed E-state index contributed by atoms with van der Waals surface area (Å²) in [7, 11) is -2.01. The lowest BCUT2D eigenvalue weighted by molar-refractivity contribution is 0.488. The fourth-order valence-corrected chi connectivity index (χ4v) is 3.04. The van der Waals surface area contributed by atoms with Crippen LogP contribution in [0.25, 0.3) is 0 Å². The Morgan fingerprint density at radius 2 is 2.24 bits per heavy atom. The number of thioether (sulfide) groups is 1. The molecule has 96 valence electrons. The van der Waals surface area contributed by atoms with Gasteiger partial charge in [0.2, 0.25) is 10.0 Å². The zero-order valence-electron chi connectivity index (χ0n) is 9.55. The number of sulfonamides is 1. The first kappa shape index (κ1) is 14.6. The van der Waals surface area contributed by atoms with Crippen molar-refractivity contribution in [3.63, 3.8) is 0 Å². The minimum absolute atomic E-state index is 0.0558. The minimum Gasteiger partial charge on any atom is -0.382 e. The topological polar surface area (TPSA) is 76.3 Å². The van der Waals surface area contributed by atoms with Crippen molar-refractivity contribution < 1.29 is 8.42 Å². The fraction of sp³-hybridized carbons (Fsp3) is 0.444. The van der Waals surface area contributed by atoms with E-state index in [1.54, 1.807) is 11.8 Å². The van der Waals surface area contributed by atoms with E-state index in [0.717, 1.165) is 5.75 Å². The molecule has 0 aromatic carbocycles. The maximum atomic E-state index is 12.1. The van der Waals surface area contributed by atoms with Gasteiger partial charge in [0.05, 0.1) is 5.02 Å². The van der Waals surface area contributed by atoms with E-state index >= 15 is 0 Å². The van der Waals surface area contributed by atoms with E-state index in [4.69, 9.17) is 17.3 Å². The first-order valence-electron chi connectivity index (χ1n) is 4.76. The van der Waals surface area contributed by atoms with Crippen molar-refractivity contribution in [2.24, 2.45) is 0 Å². The summed E-state index contributed by atoms with van der Waals surface area (Å²) in [4.78, 5) is 3.80. The molecular weight excluding hydrogens is 282 g/mol. The van der Waals surface area contributed by atoms with Crippen molar-refractivity contribution in [2.75, 3.05) is 31.3 Å². The van der Waals surface area contributed by atoms with Gasteiger partial charge in [-0.2, -0.15) is 11.8 Å². The van der Waals surface area contributed by atoms with E-state index in [-0.39, 0.29) is 15.7 Å². The molecule has 0 aliphatic rings. The average molecular weight is 296 g/mol. The SMILES string of the molecule is CSCCN(C)S(=O)(=O)c1cnc(N)c(Cl)c1. The molecule has 0 aliphatic heterocycles. The summed E-state index contributed by atoms with van der Waals surface area (Å²) < 4.78 is 25.4. The lowest BCUT2D eigenvalue weighted by Gasteiger charge is -2.16. The van der Waals surface area contributed by atoms with Gasteiger partial charge in [0.25, 0.3) is 0 Å². The molecule has 1 rings (SSSR count). The summed E-state index contributed by atoms with van der Waals surface area (Å²) in [5.74, 6) is 0.851. The number of rotatable bonds is 5. The molecule has 0 amide bonds. The van der Waals surface area contributed by atoms with Gasteiger partial charge in [-0.1, -0.05) is 11.6 Å². The predicted octanol–water partition coefficient (Wildman–Crippen LogP) is 1.30. The molecular formula is C9H14ClN3O2S2. The van der Waals surface area contributed by atoms with Crippen LogP contribution in [0.5, 0.6) is 0 Å². The highest BCUT2D eigenvalue weighted by atomic mass is 35.5. The number of hydrogen-bond acceptors (Lipinski definition) is 5. The van der Waals surface area contributed by atoms with E-state index < -0.39 is 10.0 Å². The van der Waals surface area contributed by atoms with E-state index in [0.29, 0.717) is 6.54 Å². The van der Waals surface area contributed by atoms with Crippen LogP contribution < -0.4 is 5.73 Å². The first-order chi connectivity index (χ1) is 7.89. The molecule has 0 unspecified atom stereocenters. The quantitative estimate of drug-likeness (QED) is 0.886. The standard InChI is InChI=1S/C9H14ClN3O2S2/c1-13(3-4-16-2)17(14,15)7-5-8(10)9(11)12-6-7/h5-6H,3-4H2,1-2H3,(H2,11,12). The van der Waals surface area contributed by atoms with Crippen LogP contribution in [0.2, 0.25) is 5.02 Å². The largest absolute Gasteiger partial charge is 0.382 e. The van der Waals surface area contributed by atoms with Crippen molar-refractivity contribution >= 4 is 39.2 Å². The molecule has 2 N–H and O–H groups in total. The van der Waals surface area contributed by atoms with Crippen LogP contribution in [0.3, 0.4) is 0 Å². The maximum Gasteiger partial charge on any atom is 0.244 e. The fourth-order valence-electron chi connectivity index (χ4n) is 1.09. The molecule has 0 radical (unpaired) electrons. The molecule has 0 saturated heterocycles. The van der Waals surface area contributed by atoms with Gasteiger partial charge >= 0.3 is 0 Å². The number of nitrogen functional groups attached to an aromatic ring is 1. The van der Waals surface area contributed by atoms with Crippen LogP contribution in [-0.2, 0) is 10.0 Å². The third-order valence-electron chi connectivity index (χ3n) is 2.16. The molecule has 5 nitrogen and oxygen atoms in total. The Bertz CT molecular complexity index is 493. The molecule has 0 aliphatic carbocycles. The minimum atomic E-state index is -3.53. The molecule has 1 aromatic rings. The number of nitrogens with zero attached hydrogens (tertiary/aromatic N) is 2. The molecule has 0 fully saturated rings. The van der Waals surface area contributed by atoms with Crippen molar-refractivity contribution in [3.8, 4) is 0 Å². The van der Waals surface area contributed by atoms with Crippen molar-refractivity contribution in [3.05, 3.63) is 17.3 Å². The summed E-state index contributed by atoms with van der Waals surface area (Å²) >= 11 is 7.33. The molecule has 0 spiro atoms. The Morgan fingerprint density at radius 1 is 1.59 bits per heavy atom. The van der Waals surface area contributed by atoms with Crippen LogP contribution in [-0.4, -0.2) is 43.3 Å². The van der Waals surface area contributed by atoms with Gasteiger partial charge in [0, 0.05) is 25.5 Å². The molecule has 1 heterocycles. The van der Waals surface area contributed by atoms with Crippen molar-refractivity contribution in [1.82, 2.24) is 9.29 Å². The highest BCUT2D eigenvalue weighted by Gasteiger charge is 2.21. The van der Waals surface area contributed by atoms with Crippen molar-refractivity contribution in [2.45, 2.75) is 4.90 Å². The van der Waals surface area contributed by atoms with Gasteiger partial charge in [0.15, 0.2) is 0 Å². The molecule has 1 aromatic heterocycles. The smallest absolute Gasteiger partial charge is 0.244 e. The first-order valence-corrected chi connectivity index (χ1v) is 7.97. The van der Waals surface area contributed by atoms with Gasteiger partial charge in [0.1, 0.15) is 10.7 Å². The molecule has 0 saturated carbocycles. The molecule has 8 heteroatoms. The lowest BCUT2D eigenvalue weighted by Crippen LogP contribution is -2.29. The van der Waals surface area contributed by atoms with E-state index in [1.807, 2.05) is 6.26 Å². The van der Waals surface area contributed by atoms with Gasteiger partial charge in [-0.05, 0) is 12.3 Å². The average Bonchev–Trinajstić information content (AvgIpc) is 2.29. The van der Waals surface area contributed by atoms with E-state index in [2.05, 4.69) is 4.98 Å². The third kappa shape index (κ3) is 3.48. The Kier molecular flexibility index (Phi) is 5.05. The van der Waals surface area contributed by atoms with Gasteiger partial charge in [-0.3, -0.25) is 0 Å². The summed E-state index contributed by atoms with van der Waals surface area (Å²) in [6, 6.07) is 1.31. The van der Waals surface area contributed by atoms with Gasteiger partial charge < -0.3 is 5.73 Å². The summed E-state index contributed by atoms with van der Waals surface area (Å²) in [6.45, 7) is 0.436. The lowest BCUT2D eigenvalue weighted by atomic mass is 10.5. The van der Waals surface area contributed by atoms with Crippen LogP contribution in [0.1, 0.15) is 0 Å². The highest BCUT2D eigenvalue weighted by molar-refractivity contribution is 7.98. The van der Waals surface area contributed by atoms with Crippen LogP contribution >= 0.6 is 23.4 Å². The predicted molar refractivity (Wildman–Crippen MR) is 71.9 cm³/mol. The molecule has 17 heavy (non-hydrogen) atoms. The second-order valence-electron chi connectivity index (χ2n) is 3.36. The Labute approximate surface area is 110 Å². The third-order valence-corrected chi connectivity index (χ3v) is 4.88. The Morgan fingerprint density at radius 3 is 2.76 bits per heavy atom. The number of nitrogens with two attached hydrogens (primary N) is 1. The van der Waals surface area contributed by atoms with Crippen LogP contribution in [0, 0.1) is 0 Å². The second kappa shape index (κ2) is 5.90. The van der Waals surface area contributed by atoms with Gasteiger partial charge in [-0.15, -0.1) is 0 Å². The number of halogens is 1. The second-order valence-corrected chi connectivity index (χ2v) is 6.80. The normalized spacial score (nSPS) is 12.0. The number of pyridine rings is 1. The zero-order chi connectivity index (χ0) is 13.1. The van der Waals surface area contributed by atoms with E-state index in [9.17, 15) is 8.42 Å². The summed E-state index contributed by atoms with van der Waals surface area (Å²) in [6.07, 6.45) is 3.13. The summed E-state index contributed by atoms with van der Waals surface area (Å²) in [5, 5.41) is 0.143. The zero-order valence-corrected chi connectivity index (χ0v) is 11.9. The maximum absolute atomic E-state index is 12.1. The highest BCUT2D eigenvalue weighted by Crippen LogP contribution is 2.21. The Hall–Kier alpha value is -0.500. The van der Waals surface area contributed by atoms with Crippen LogP contribution in [0.15, 0.2) is 17.2 Å². The monoisotopic (exact) mass is 295 g/mol. The van der Waals surface area contributed by atoms with Crippen molar-refractivity contribution in [1.29, 1.82) is 0 Å². The van der Waals surface area contributed by atoms with Crippen LogP contribution in [0.4, 0.5) is 5.82 Å². The molecule has 0 bridgehead atoms. The van der Waals surface area contributed by atoms with Gasteiger partial charge in [-0.25, -0.2) is 17.7 Å². The number of hydrogen-bond donors (Lipinski definition) is 1. The van der Waals surface area contributed by atoms with E-state index in [1.165, 1.54) is 23.6 Å².